The number of sulfone groups is 1. The van der Waals surface area contributed by atoms with E-state index in [-0.39, 0.29) is 11.2 Å². The molecule has 0 spiro atoms. The highest BCUT2D eigenvalue weighted by Gasteiger charge is 2.49. The highest BCUT2D eigenvalue weighted by molar-refractivity contribution is 8.03. The van der Waals surface area contributed by atoms with Gasteiger partial charge in [0.25, 0.3) is 0 Å². The van der Waals surface area contributed by atoms with Gasteiger partial charge in [-0.1, -0.05) is 24.3 Å². The second-order valence-electron chi connectivity index (χ2n) is 4.06. The molecule has 0 aromatic heterocycles. The van der Waals surface area contributed by atoms with Crippen molar-refractivity contribution >= 4 is 27.5 Å². The van der Waals surface area contributed by atoms with Crippen LogP contribution in [0.1, 0.15) is 0 Å². The highest BCUT2D eigenvalue weighted by Crippen LogP contribution is 2.44. The molecule has 4 nitrogen and oxygen atoms in total. The van der Waals surface area contributed by atoms with Gasteiger partial charge in [-0.2, -0.15) is 0 Å². The van der Waals surface area contributed by atoms with Crippen molar-refractivity contribution in [1.29, 1.82) is 0 Å². The van der Waals surface area contributed by atoms with Crippen LogP contribution in [0, 0.1) is 5.92 Å². The molecule has 0 aromatic carbocycles. The third kappa shape index (κ3) is 1.91. The Morgan fingerprint density at radius 2 is 1.94 bits per heavy atom. The zero-order chi connectivity index (χ0) is 11.9. The second-order valence-corrected chi connectivity index (χ2v) is 7.59. The number of carbonyl (C=O) groups excluding carboxylic acids is 1. The number of amides is 1. The van der Waals surface area contributed by atoms with Gasteiger partial charge in [0.15, 0.2) is 9.84 Å². The number of fused-ring (bicyclic) bond motifs is 1. The monoisotopic (exact) mass is 259 g/mol. The van der Waals surface area contributed by atoms with Gasteiger partial charge in [0.1, 0.15) is 5.25 Å². The van der Waals surface area contributed by atoms with Gasteiger partial charge in [-0.3, -0.25) is 4.79 Å². The standard InChI is InChI=1S/C10H13NO3S2/c1-16(13,14)9-6-4-2-3-5-7(6)15-8(9)10(11)12/h2-9H,1H3,(H2,11,12). The quantitative estimate of drug-likeness (QED) is 0.763. The molecule has 1 aliphatic heterocycles. The van der Waals surface area contributed by atoms with E-state index in [0.29, 0.717) is 0 Å². The number of allylic oxidation sites excluding steroid dienone is 3. The molecule has 1 aliphatic carbocycles. The van der Waals surface area contributed by atoms with Gasteiger partial charge < -0.3 is 5.73 Å². The first-order valence-corrected chi connectivity index (χ1v) is 7.79. The largest absolute Gasteiger partial charge is 0.369 e. The van der Waals surface area contributed by atoms with Crippen LogP contribution in [-0.4, -0.2) is 36.3 Å². The predicted molar refractivity (Wildman–Crippen MR) is 64.8 cm³/mol. The molecule has 1 saturated heterocycles. The van der Waals surface area contributed by atoms with Crippen LogP contribution in [0.15, 0.2) is 24.3 Å². The molecule has 0 saturated carbocycles. The van der Waals surface area contributed by atoms with Gasteiger partial charge in [-0.25, -0.2) is 8.42 Å². The lowest BCUT2D eigenvalue weighted by Crippen LogP contribution is -2.41. The molecule has 1 amide bonds. The van der Waals surface area contributed by atoms with Gasteiger partial charge >= 0.3 is 0 Å². The van der Waals surface area contributed by atoms with Crippen molar-refractivity contribution in [3.8, 4) is 0 Å². The van der Waals surface area contributed by atoms with E-state index in [9.17, 15) is 13.2 Å². The Hall–Kier alpha value is -0.750. The van der Waals surface area contributed by atoms with Crippen molar-refractivity contribution in [3.63, 3.8) is 0 Å². The van der Waals surface area contributed by atoms with E-state index in [4.69, 9.17) is 5.73 Å². The van der Waals surface area contributed by atoms with Crippen LogP contribution in [0.5, 0.6) is 0 Å². The van der Waals surface area contributed by atoms with Crippen molar-refractivity contribution in [3.05, 3.63) is 24.3 Å². The predicted octanol–water partition coefficient (Wildman–Crippen LogP) is 0.111. The van der Waals surface area contributed by atoms with Crippen LogP contribution in [0.3, 0.4) is 0 Å². The third-order valence-electron chi connectivity index (χ3n) is 2.88. The van der Waals surface area contributed by atoms with Crippen molar-refractivity contribution < 1.29 is 13.2 Å². The number of thioether (sulfide) groups is 1. The second kappa shape index (κ2) is 3.92. The van der Waals surface area contributed by atoms with E-state index in [1.165, 1.54) is 18.0 Å². The molecule has 6 heteroatoms. The minimum Gasteiger partial charge on any atom is -0.369 e. The lowest BCUT2D eigenvalue weighted by molar-refractivity contribution is -0.117. The van der Waals surface area contributed by atoms with Gasteiger partial charge in [0.05, 0.1) is 5.25 Å². The molecule has 0 aromatic rings. The van der Waals surface area contributed by atoms with Crippen LogP contribution in [0.4, 0.5) is 0 Å². The van der Waals surface area contributed by atoms with Crippen LogP contribution in [0.2, 0.25) is 0 Å². The van der Waals surface area contributed by atoms with Crippen molar-refractivity contribution in [2.75, 3.05) is 6.26 Å². The Balaban J connectivity index is 2.41. The van der Waals surface area contributed by atoms with Crippen molar-refractivity contribution in [2.45, 2.75) is 15.7 Å². The van der Waals surface area contributed by atoms with Crippen LogP contribution in [0.25, 0.3) is 0 Å². The summed E-state index contributed by atoms with van der Waals surface area (Å²) in [6, 6.07) is 0. The fourth-order valence-electron chi connectivity index (χ4n) is 2.22. The summed E-state index contributed by atoms with van der Waals surface area (Å²) >= 11 is 1.35. The lowest BCUT2D eigenvalue weighted by atomic mass is 9.95. The summed E-state index contributed by atoms with van der Waals surface area (Å²) in [5, 5.41) is -1.29. The SMILES string of the molecule is CS(=O)(=O)C1C(C(N)=O)SC2C=CC=CC21. The Morgan fingerprint density at radius 3 is 2.50 bits per heavy atom. The van der Waals surface area contributed by atoms with E-state index >= 15 is 0 Å². The average molecular weight is 259 g/mol. The zero-order valence-corrected chi connectivity index (χ0v) is 10.4. The Bertz CT molecular complexity index is 466. The number of hydrogen-bond donors (Lipinski definition) is 1. The molecule has 1 fully saturated rings. The summed E-state index contributed by atoms with van der Waals surface area (Å²) in [6.07, 6.45) is 8.64. The molecule has 2 rings (SSSR count). The normalized spacial score (nSPS) is 37.3. The topological polar surface area (TPSA) is 77.2 Å². The molecule has 0 bridgehead atoms. The molecule has 2 N–H and O–H groups in total. The highest BCUT2D eigenvalue weighted by atomic mass is 32.2. The first-order chi connectivity index (χ1) is 7.41. The molecule has 88 valence electrons. The maximum Gasteiger partial charge on any atom is 0.231 e. The molecule has 4 unspecified atom stereocenters. The van der Waals surface area contributed by atoms with E-state index in [2.05, 4.69) is 0 Å². The third-order valence-corrected chi connectivity index (χ3v) is 6.23. The summed E-state index contributed by atoms with van der Waals surface area (Å²) in [6.45, 7) is 0. The van der Waals surface area contributed by atoms with Gasteiger partial charge in [0.2, 0.25) is 5.91 Å². The Morgan fingerprint density at radius 1 is 1.31 bits per heavy atom. The minimum absolute atomic E-state index is 0.0437. The minimum atomic E-state index is -3.27. The van der Waals surface area contributed by atoms with E-state index in [0.717, 1.165) is 0 Å². The number of nitrogens with two attached hydrogens (primary N) is 1. The number of carbonyl (C=O) groups is 1. The summed E-state index contributed by atoms with van der Waals surface area (Å²) in [4.78, 5) is 11.3. The molecular formula is C10H13NO3S2. The van der Waals surface area contributed by atoms with Crippen LogP contribution in [-0.2, 0) is 14.6 Å². The molecule has 16 heavy (non-hydrogen) atoms. The molecular weight excluding hydrogens is 246 g/mol. The summed E-state index contributed by atoms with van der Waals surface area (Å²) in [5.74, 6) is -0.681. The number of primary amides is 1. The maximum atomic E-state index is 11.7. The first kappa shape index (κ1) is 11.7. The van der Waals surface area contributed by atoms with Crippen molar-refractivity contribution in [2.24, 2.45) is 11.7 Å². The lowest BCUT2D eigenvalue weighted by Gasteiger charge is -2.20. The van der Waals surface area contributed by atoms with Crippen LogP contribution < -0.4 is 5.73 Å². The molecule has 2 aliphatic rings. The zero-order valence-electron chi connectivity index (χ0n) is 8.74. The van der Waals surface area contributed by atoms with Gasteiger partial charge in [-0.05, 0) is 0 Å². The summed E-state index contributed by atoms with van der Waals surface area (Å²) in [5.41, 5.74) is 5.27. The molecule has 1 heterocycles. The molecule has 4 atom stereocenters. The smallest absolute Gasteiger partial charge is 0.231 e. The maximum absolute atomic E-state index is 11.7. The van der Waals surface area contributed by atoms with Crippen LogP contribution >= 0.6 is 11.8 Å². The van der Waals surface area contributed by atoms with E-state index in [1.54, 1.807) is 0 Å². The average Bonchev–Trinajstić information content (AvgIpc) is 2.55. The number of rotatable bonds is 2. The van der Waals surface area contributed by atoms with E-state index in [1.807, 2.05) is 24.3 Å². The van der Waals surface area contributed by atoms with Gasteiger partial charge in [0, 0.05) is 17.4 Å². The fourth-order valence-corrected chi connectivity index (χ4v) is 5.97. The van der Waals surface area contributed by atoms with Gasteiger partial charge in [-0.15, -0.1) is 11.8 Å². The summed E-state index contributed by atoms with van der Waals surface area (Å²) in [7, 11) is -3.27. The van der Waals surface area contributed by atoms with Crippen molar-refractivity contribution in [1.82, 2.24) is 0 Å². The Kier molecular flexibility index (Phi) is 2.88. The summed E-state index contributed by atoms with van der Waals surface area (Å²) < 4.78 is 23.4. The Labute approximate surface area is 98.9 Å². The fraction of sp³-hybridized carbons (Fsp3) is 0.500. The first-order valence-electron chi connectivity index (χ1n) is 4.90. The van der Waals surface area contributed by atoms with E-state index < -0.39 is 26.2 Å². The number of hydrogen-bond acceptors (Lipinski definition) is 4. The molecule has 0 radical (unpaired) electrons.